The lowest BCUT2D eigenvalue weighted by molar-refractivity contribution is -0.128. The fourth-order valence-electron chi connectivity index (χ4n) is 4.32. The van der Waals surface area contributed by atoms with Gasteiger partial charge in [-0.25, -0.2) is 0 Å². The number of hydrogen-bond donors (Lipinski definition) is 0. The zero-order chi connectivity index (χ0) is 10.6. The van der Waals surface area contributed by atoms with Gasteiger partial charge in [0.15, 0.2) is 0 Å². The maximum atomic E-state index is 11.7. The summed E-state index contributed by atoms with van der Waals surface area (Å²) in [5.41, 5.74) is 0. The molecule has 0 saturated carbocycles. The van der Waals surface area contributed by atoms with Crippen molar-refractivity contribution in [2.75, 3.05) is 0 Å². The summed E-state index contributed by atoms with van der Waals surface area (Å²) in [5.74, 6) is 2.08. The molecule has 0 aromatic rings. The Kier molecular flexibility index (Phi) is 2.17. The lowest BCUT2D eigenvalue weighted by Gasteiger charge is -2.50. The fraction of sp³-hybridized carbons (Fsp3) is 0.923. The van der Waals surface area contributed by atoms with Gasteiger partial charge in [0.05, 0.1) is 0 Å². The molecule has 15 heavy (non-hydrogen) atoms. The van der Waals surface area contributed by atoms with Gasteiger partial charge in [0, 0.05) is 31.0 Å². The van der Waals surface area contributed by atoms with E-state index in [1.165, 1.54) is 19.3 Å². The van der Waals surface area contributed by atoms with Gasteiger partial charge in [-0.1, -0.05) is 13.8 Å². The van der Waals surface area contributed by atoms with Crippen LogP contribution in [-0.2, 0) is 4.79 Å². The van der Waals surface area contributed by atoms with Gasteiger partial charge in [0.25, 0.3) is 0 Å². The van der Waals surface area contributed by atoms with Crippen molar-refractivity contribution in [3.05, 3.63) is 0 Å². The molecular formula is C13H21NO. The summed E-state index contributed by atoms with van der Waals surface area (Å²) in [6.45, 7) is 4.74. The average molecular weight is 207 g/mol. The highest BCUT2D eigenvalue weighted by Crippen LogP contribution is 2.45. The molecule has 3 aliphatic heterocycles. The van der Waals surface area contributed by atoms with Gasteiger partial charge in [-0.2, -0.15) is 0 Å². The minimum absolute atomic E-state index is 0.517. The molecule has 0 spiro atoms. The van der Waals surface area contributed by atoms with Crippen molar-refractivity contribution < 1.29 is 4.79 Å². The number of nitrogens with zero attached hydrogens (tertiary/aromatic N) is 1. The molecule has 3 rings (SSSR count). The maximum Gasteiger partial charge on any atom is 0.136 e. The second kappa shape index (κ2) is 3.31. The summed E-state index contributed by atoms with van der Waals surface area (Å²) in [6.07, 6.45) is 5.60. The van der Waals surface area contributed by atoms with E-state index in [1.54, 1.807) is 0 Å². The molecule has 5 atom stereocenters. The standard InChI is InChI=1S/C13H21NO/c1-8-5-9(2)13-7-11(15)6-10-3-4-12(8)14(10)13/h8-10,12-13H,3-7H2,1-2H3/t8-,9+,10+,12+,13+/m0/s1. The Labute approximate surface area is 92.0 Å². The lowest BCUT2D eigenvalue weighted by Crippen LogP contribution is -2.57. The van der Waals surface area contributed by atoms with Crippen LogP contribution in [0.1, 0.15) is 46.0 Å². The smallest absolute Gasteiger partial charge is 0.136 e. The lowest BCUT2D eigenvalue weighted by atomic mass is 9.77. The van der Waals surface area contributed by atoms with E-state index in [-0.39, 0.29) is 0 Å². The van der Waals surface area contributed by atoms with Crippen LogP contribution in [0.4, 0.5) is 0 Å². The molecule has 0 aromatic heterocycles. The summed E-state index contributed by atoms with van der Waals surface area (Å²) < 4.78 is 0. The molecule has 3 fully saturated rings. The Bertz CT molecular complexity index is 288. The van der Waals surface area contributed by atoms with E-state index in [1.807, 2.05) is 0 Å². The van der Waals surface area contributed by atoms with Crippen LogP contribution < -0.4 is 0 Å². The van der Waals surface area contributed by atoms with Crippen LogP contribution in [0.3, 0.4) is 0 Å². The molecule has 0 radical (unpaired) electrons. The third-order valence-corrected chi connectivity index (χ3v) is 4.94. The number of piperidine rings is 2. The number of ketones is 1. The predicted molar refractivity (Wildman–Crippen MR) is 59.6 cm³/mol. The fourth-order valence-corrected chi connectivity index (χ4v) is 4.32. The number of rotatable bonds is 0. The largest absolute Gasteiger partial charge is 0.300 e. The van der Waals surface area contributed by atoms with Crippen molar-refractivity contribution in [1.29, 1.82) is 0 Å². The van der Waals surface area contributed by atoms with Crippen LogP contribution in [0.5, 0.6) is 0 Å². The Hall–Kier alpha value is -0.370. The number of carbonyl (C=O) groups is 1. The summed E-state index contributed by atoms with van der Waals surface area (Å²) in [4.78, 5) is 14.4. The highest BCUT2D eigenvalue weighted by Gasteiger charge is 2.49. The van der Waals surface area contributed by atoms with Gasteiger partial charge in [-0.3, -0.25) is 9.69 Å². The Morgan fingerprint density at radius 2 is 1.80 bits per heavy atom. The van der Waals surface area contributed by atoms with E-state index >= 15 is 0 Å². The van der Waals surface area contributed by atoms with E-state index in [9.17, 15) is 4.79 Å². The van der Waals surface area contributed by atoms with Crippen molar-refractivity contribution in [1.82, 2.24) is 4.90 Å². The molecule has 0 aliphatic carbocycles. The number of carbonyl (C=O) groups excluding carboxylic acids is 1. The van der Waals surface area contributed by atoms with Gasteiger partial charge in [0.2, 0.25) is 0 Å². The zero-order valence-corrected chi connectivity index (χ0v) is 9.78. The molecule has 0 unspecified atom stereocenters. The van der Waals surface area contributed by atoms with Gasteiger partial charge >= 0.3 is 0 Å². The third kappa shape index (κ3) is 1.37. The van der Waals surface area contributed by atoms with Gasteiger partial charge in [-0.05, 0) is 31.1 Å². The summed E-state index contributed by atoms with van der Waals surface area (Å²) in [5, 5.41) is 0. The maximum absolute atomic E-state index is 11.7. The molecule has 2 heteroatoms. The van der Waals surface area contributed by atoms with Crippen LogP contribution in [-0.4, -0.2) is 28.8 Å². The van der Waals surface area contributed by atoms with Crippen LogP contribution in [0.15, 0.2) is 0 Å². The normalized spacial score (nSPS) is 50.5. The van der Waals surface area contributed by atoms with Crippen LogP contribution >= 0.6 is 0 Å². The molecule has 3 heterocycles. The molecule has 2 nitrogen and oxygen atoms in total. The minimum Gasteiger partial charge on any atom is -0.300 e. The Morgan fingerprint density at radius 1 is 1.07 bits per heavy atom. The first-order valence-electron chi connectivity index (χ1n) is 6.46. The van der Waals surface area contributed by atoms with E-state index in [4.69, 9.17) is 0 Å². The molecule has 0 aromatic carbocycles. The highest BCUT2D eigenvalue weighted by atomic mass is 16.1. The van der Waals surface area contributed by atoms with E-state index < -0.39 is 0 Å². The SMILES string of the molecule is C[C@@H]1C[C@H](C)[C@H]2CC[C@@H]3CC(=O)C[C@H]1N32. The van der Waals surface area contributed by atoms with Gasteiger partial charge in [-0.15, -0.1) is 0 Å². The van der Waals surface area contributed by atoms with Crippen molar-refractivity contribution in [3.8, 4) is 0 Å². The van der Waals surface area contributed by atoms with E-state index in [0.717, 1.165) is 30.7 Å². The van der Waals surface area contributed by atoms with Crippen LogP contribution in [0.2, 0.25) is 0 Å². The number of hydrogen-bond acceptors (Lipinski definition) is 2. The van der Waals surface area contributed by atoms with Crippen molar-refractivity contribution in [3.63, 3.8) is 0 Å². The highest BCUT2D eigenvalue weighted by molar-refractivity contribution is 5.80. The summed E-state index contributed by atoms with van der Waals surface area (Å²) in [7, 11) is 0. The molecular weight excluding hydrogens is 186 g/mol. The van der Waals surface area contributed by atoms with Crippen molar-refractivity contribution in [2.24, 2.45) is 11.8 Å². The molecule has 3 saturated heterocycles. The first kappa shape index (κ1) is 9.83. The second-order valence-corrected chi connectivity index (χ2v) is 5.95. The Morgan fingerprint density at radius 3 is 2.60 bits per heavy atom. The average Bonchev–Trinajstić information content (AvgIpc) is 2.58. The predicted octanol–water partition coefficient (Wildman–Crippen LogP) is 2.23. The van der Waals surface area contributed by atoms with Crippen molar-refractivity contribution in [2.45, 2.75) is 64.1 Å². The first-order chi connectivity index (χ1) is 7.16. The van der Waals surface area contributed by atoms with Crippen LogP contribution in [0, 0.1) is 11.8 Å². The van der Waals surface area contributed by atoms with E-state index in [0.29, 0.717) is 17.9 Å². The summed E-state index contributed by atoms with van der Waals surface area (Å²) in [6, 6.07) is 1.98. The molecule has 84 valence electrons. The first-order valence-corrected chi connectivity index (χ1v) is 6.46. The number of Topliss-reactive ketones (excluding diaryl/α,β-unsaturated/α-hetero) is 1. The van der Waals surface area contributed by atoms with Gasteiger partial charge < -0.3 is 0 Å². The second-order valence-electron chi connectivity index (χ2n) is 5.95. The minimum atomic E-state index is 0.517. The third-order valence-electron chi connectivity index (χ3n) is 4.94. The van der Waals surface area contributed by atoms with Gasteiger partial charge in [0.1, 0.15) is 5.78 Å². The van der Waals surface area contributed by atoms with Crippen LogP contribution in [0.25, 0.3) is 0 Å². The van der Waals surface area contributed by atoms with E-state index in [2.05, 4.69) is 18.7 Å². The molecule has 3 aliphatic rings. The molecule has 0 N–H and O–H groups in total. The topological polar surface area (TPSA) is 20.3 Å². The van der Waals surface area contributed by atoms with Crippen molar-refractivity contribution >= 4 is 5.78 Å². The Balaban J connectivity index is 1.91. The summed E-state index contributed by atoms with van der Waals surface area (Å²) >= 11 is 0. The monoisotopic (exact) mass is 207 g/mol. The quantitative estimate of drug-likeness (QED) is 0.607. The molecule has 0 amide bonds. The molecule has 0 bridgehead atoms. The zero-order valence-electron chi connectivity index (χ0n) is 9.78.